The van der Waals surface area contributed by atoms with E-state index in [2.05, 4.69) is 13.8 Å². The minimum Gasteiger partial charge on any atom is -0.377 e. The predicted octanol–water partition coefficient (Wildman–Crippen LogP) is 2.37. The molecule has 20 heavy (non-hydrogen) atoms. The molecule has 0 aliphatic carbocycles. The van der Waals surface area contributed by atoms with Gasteiger partial charge >= 0.3 is 0 Å². The van der Waals surface area contributed by atoms with Crippen LogP contribution < -0.4 is 5.73 Å². The lowest BCUT2D eigenvalue weighted by molar-refractivity contribution is 0.0627. The quantitative estimate of drug-likeness (QED) is 0.800. The molecule has 114 valence electrons. The van der Waals surface area contributed by atoms with Crippen molar-refractivity contribution in [1.29, 1.82) is 0 Å². The second-order valence-electron chi connectivity index (χ2n) is 5.48. The number of hydrogen-bond donors (Lipinski definition) is 1. The lowest BCUT2D eigenvalue weighted by Gasteiger charge is -2.15. The van der Waals surface area contributed by atoms with E-state index in [4.69, 9.17) is 10.5 Å². The predicted molar refractivity (Wildman–Crippen MR) is 81.3 cm³/mol. The molecule has 0 heterocycles. The summed E-state index contributed by atoms with van der Waals surface area (Å²) < 4.78 is 29.9. The molecular weight excluding hydrogens is 274 g/mol. The van der Waals surface area contributed by atoms with Crippen molar-refractivity contribution in [3.05, 3.63) is 29.8 Å². The second-order valence-corrected chi connectivity index (χ2v) is 7.59. The third-order valence-corrected chi connectivity index (χ3v) is 4.73. The van der Waals surface area contributed by atoms with Crippen LogP contribution in [0.2, 0.25) is 0 Å². The van der Waals surface area contributed by atoms with Crippen LogP contribution in [0, 0.1) is 5.92 Å². The SMILES string of the molecule is CC(C)CC(C)OCCS(=O)(=O)c1cccc(CN)c1. The lowest BCUT2D eigenvalue weighted by Crippen LogP contribution is -2.18. The first-order chi connectivity index (χ1) is 9.35. The van der Waals surface area contributed by atoms with Crippen molar-refractivity contribution in [2.75, 3.05) is 12.4 Å². The Morgan fingerprint density at radius 2 is 1.95 bits per heavy atom. The first kappa shape index (κ1) is 17.1. The highest BCUT2D eigenvalue weighted by molar-refractivity contribution is 7.91. The fourth-order valence-electron chi connectivity index (χ4n) is 2.07. The van der Waals surface area contributed by atoms with Gasteiger partial charge in [0, 0.05) is 6.54 Å². The minimum atomic E-state index is -3.30. The highest BCUT2D eigenvalue weighted by Gasteiger charge is 2.15. The van der Waals surface area contributed by atoms with Crippen LogP contribution in [0.4, 0.5) is 0 Å². The van der Waals surface area contributed by atoms with Crippen LogP contribution in [0.1, 0.15) is 32.8 Å². The van der Waals surface area contributed by atoms with Gasteiger partial charge in [-0.25, -0.2) is 8.42 Å². The van der Waals surface area contributed by atoms with Crippen molar-refractivity contribution in [2.24, 2.45) is 11.7 Å². The Morgan fingerprint density at radius 3 is 2.55 bits per heavy atom. The summed E-state index contributed by atoms with van der Waals surface area (Å²) in [5, 5.41) is 0. The molecule has 0 radical (unpaired) electrons. The summed E-state index contributed by atoms with van der Waals surface area (Å²) in [5.74, 6) is 0.548. The third kappa shape index (κ3) is 5.61. The topological polar surface area (TPSA) is 69.4 Å². The van der Waals surface area contributed by atoms with Crippen LogP contribution in [0.15, 0.2) is 29.2 Å². The minimum absolute atomic E-state index is 0.00343. The number of sulfone groups is 1. The molecule has 0 saturated carbocycles. The van der Waals surface area contributed by atoms with Gasteiger partial charge < -0.3 is 10.5 Å². The summed E-state index contributed by atoms with van der Waals surface area (Å²) in [5.41, 5.74) is 6.35. The molecule has 5 heteroatoms. The Bertz CT molecular complexity index is 512. The van der Waals surface area contributed by atoms with Crippen molar-refractivity contribution >= 4 is 9.84 Å². The molecule has 1 aromatic rings. The van der Waals surface area contributed by atoms with Crippen LogP contribution in [0.3, 0.4) is 0 Å². The van der Waals surface area contributed by atoms with E-state index < -0.39 is 9.84 Å². The summed E-state index contributed by atoms with van der Waals surface area (Å²) in [6.07, 6.45) is 1.02. The molecular formula is C15H25NO3S. The van der Waals surface area contributed by atoms with Crippen LogP contribution in [-0.4, -0.2) is 26.9 Å². The molecule has 4 nitrogen and oxygen atoms in total. The van der Waals surface area contributed by atoms with E-state index in [9.17, 15) is 8.42 Å². The van der Waals surface area contributed by atoms with Crippen LogP contribution in [0.25, 0.3) is 0 Å². The molecule has 0 fully saturated rings. The van der Waals surface area contributed by atoms with E-state index in [1.165, 1.54) is 0 Å². The van der Waals surface area contributed by atoms with E-state index in [0.717, 1.165) is 12.0 Å². The summed E-state index contributed by atoms with van der Waals surface area (Å²) >= 11 is 0. The van der Waals surface area contributed by atoms with Crippen molar-refractivity contribution in [2.45, 2.75) is 44.7 Å². The van der Waals surface area contributed by atoms with Gasteiger partial charge in [0.2, 0.25) is 0 Å². The summed E-state index contributed by atoms with van der Waals surface area (Å²) in [6.45, 7) is 6.78. The average molecular weight is 299 g/mol. The van der Waals surface area contributed by atoms with E-state index in [1.54, 1.807) is 18.2 Å². The number of nitrogens with two attached hydrogens (primary N) is 1. The fraction of sp³-hybridized carbons (Fsp3) is 0.600. The Labute approximate surface area is 122 Å². The molecule has 0 saturated heterocycles. The van der Waals surface area contributed by atoms with Gasteiger partial charge in [0.05, 0.1) is 23.4 Å². The maximum Gasteiger partial charge on any atom is 0.180 e. The molecule has 0 aliphatic heterocycles. The van der Waals surface area contributed by atoms with Gasteiger partial charge in [-0.05, 0) is 37.0 Å². The molecule has 1 atom stereocenters. The normalized spacial score (nSPS) is 13.7. The Hall–Kier alpha value is -0.910. The maximum atomic E-state index is 12.2. The Balaban J connectivity index is 2.57. The van der Waals surface area contributed by atoms with E-state index in [0.29, 0.717) is 17.4 Å². The zero-order chi connectivity index (χ0) is 15.2. The Kier molecular flexibility index (Phi) is 6.65. The Morgan fingerprint density at radius 1 is 1.25 bits per heavy atom. The van der Waals surface area contributed by atoms with Crippen LogP contribution in [-0.2, 0) is 21.1 Å². The highest BCUT2D eigenvalue weighted by atomic mass is 32.2. The highest BCUT2D eigenvalue weighted by Crippen LogP contribution is 2.14. The van der Waals surface area contributed by atoms with E-state index in [-0.39, 0.29) is 18.5 Å². The van der Waals surface area contributed by atoms with Gasteiger partial charge in [-0.2, -0.15) is 0 Å². The first-order valence-corrected chi connectivity index (χ1v) is 8.63. The number of ether oxygens (including phenoxy) is 1. The molecule has 1 rings (SSSR count). The van der Waals surface area contributed by atoms with E-state index >= 15 is 0 Å². The van der Waals surface area contributed by atoms with Gasteiger partial charge in [0.15, 0.2) is 9.84 Å². The summed E-state index contributed by atoms with van der Waals surface area (Å²) in [7, 11) is -3.30. The van der Waals surface area contributed by atoms with Crippen LogP contribution in [0.5, 0.6) is 0 Å². The molecule has 0 aliphatic rings. The summed E-state index contributed by atoms with van der Waals surface area (Å²) in [4.78, 5) is 0.320. The molecule has 0 aromatic heterocycles. The molecule has 0 bridgehead atoms. The molecule has 0 spiro atoms. The van der Waals surface area contributed by atoms with Gasteiger partial charge in [-0.15, -0.1) is 0 Å². The van der Waals surface area contributed by atoms with Crippen molar-refractivity contribution in [3.8, 4) is 0 Å². The first-order valence-electron chi connectivity index (χ1n) is 6.98. The van der Waals surface area contributed by atoms with Crippen molar-refractivity contribution in [1.82, 2.24) is 0 Å². The zero-order valence-electron chi connectivity index (χ0n) is 12.5. The maximum absolute atomic E-state index is 12.2. The lowest BCUT2D eigenvalue weighted by atomic mass is 10.1. The van der Waals surface area contributed by atoms with Crippen LogP contribution >= 0.6 is 0 Å². The summed E-state index contributed by atoms with van der Waals surface area (Å²) in [6, 6.07) is 6.77. The van der Waals surface area contributed by atoms with Gasteiger partial charge in [-0.3, -0.25) is 0 Å². The number of hydrogen-bond acceptors (Lipinski definition) is 4. The molecule has 2 N–H and O–H groups in total. The standard InChI is InChI=1S/C15H25NO3S/c1-12(2)9-13(3)19-7-8-20(17,18)15-6-4-5-14(10-15)11-16/h4-6,10,12-13H,7-9,11,16H2,1-3H3. The van der Waals surface area contributed by atoms with Crippen molar-refractivity contribution < 1.29 is 13.2 Å². The fourth-order valence-corrected chi connectivity index (χ4v) is 3.24. The average Bonchev–Trinajstić information content (AvgIpc) is 2.37. The number of benzene rings is 1. The smallest absolute Gasteiger partial charge is 0.180 e. The van der Waals surface area contributed by atoms with Gasteiger partial charge in [0.25, 0.3) is 0 Å². The third-order valence-electron chi connectivity index (χ3n) is 3.05. The van der Waals surface area contributed by atoms with E-state index in [1.807, 2.05) is 13.0 Å². The van der Waals surface area contributed by atoms with Crippen molar-refractivity contribution in [3.63, 3.8) is 0 Å². The molecule has 0 amide bonds. The number of rotatable bonds is 8. The molecule has 1 unspecified atom stereocenters. The van der Waals surface area contributed by atoms with Gasteiger partial charge in [-0.1, -0.05) is 26.0 Å². The molecule has 1 aromatic carbocycles. The second kappa shape index (κ2) is 7.76. The largest absolute Gasteiger partial charge is 0.377 e. The monoisotopic (exact) mass is 299 g/mol. The zero-order valence-corrected chi connectivity index (χ0v) is 13.3. The van der Waals surface area contributed by atoms with Gasteiger partial charge in [0.1, 0.15) is 0 Å².